The molecular formula is C17H24N2O. The number of carbonyl (C=O) groups is 1. The predicted molar refractivity (Wildman–Crippen MR) is 81.9 cm³/mol. The average Bonchev–Trinajstić information content (AvgIpc) is 2.74. The van der Waals surface area contributed by atoms with Crippen LogP contribution in [0.3, 0.4) is 0 Å². The molecule has 2 heterocycles. The van der Waals surface area contributed by atoms with Crippen molar-refractivity contribution >= 4 is 11.6 Å². The van der Waals surface area contributed by atoms with Crippen LogP contribution >= 0.6 is 0 Å². The molecule has 3 heteroatoms. The minimum atomic E-state index is 0.261. The molecule has 2 aliphatic heterocycles. The Morgan fingerprint density at radius 1 is 1.30 bits per heavy atom. The van der Waals surface area contributed by atoms with E-state index in [0.717, 1.165) is 31.1 Å². The van der Waals surface area contributed by atoms with Gasteiger partial charge in [-0.1, -0.05) is 25.1 Å². The first-order valence-electron chi connectivity index (χ1n) is 7.77. The number of benzene rings is 1. The summed E-state index contributed by atoms with van der Waals surface area (Å²) in [6, 6.07) is 8.60. The van der Waals surface area contributed by atoms with Crippen LogP contribution in [-0.2, 0) is 11.2 Å². The normalized spacial score (nSPS) is 26.6. The van der Waals surface area contributed by atoms with E-state index in [1.165, 1.54) is 18.4 Å². The van der Waals surface area contributed by atoms with Crippen molar-refractivity contribution in [3.8, 4) is 0 Å². The van der Waals surface area contributed by atoms with Gasteiger partial charge in [0.1, 0.15) is 0 Å². The number of rotatable bonds is 2. The van der Waals surface area contributed by atoms with Crippen molar-refractivity contribution in [2.45, 2.75) is 39.2 Å². The highest BCUT2D eigenvalue weighted by molar-refractivity contribution is 5.97. The maximum absolute atomic E-state index is 12.7. The lowest BCUT2D eigenvalue weighted by Crippen LogP contribution is -2.45. The molecule has 2 unspecified atom stereocenters. The van der Waals surface area contributed by atoms with Crippen LogP contribution in [0.5, 0.6) is 0 Å². The zero-order valence-electron chi connectivity index (χ0n) is 12.5. The van der Waals surface area contributed by atoms with Gasteiger partial charge >= 0.3 is 0 Å². The monoisotopic (exact) mass is 272 g/mol. The van der Waals surface area contributed by atoms with Crippen LogP contribution in [-0.4, -0.2) is 36.5 Å². The Kier molecular flexibility index (Phi) is 3.79. The fourth-order valence-electron chi connectivity index (χ4n) is 3.64. The Hall–Kier alpha value is -1.35. The molecule has 0 saturated carbocycles. The number of likely N-dealkylation sites (tertiary alicyclic amines) is 1. The van der Waals surface area contributed by atoms with Crippen LogP contribution in [0.15, 0.2) is 24.3 Å². The van der Waals surface area contributed by atoms with Crippen molar-refractivity contribution in [3.63, 3.8) is 0 Å². The van der Waals surface area contributed by atoms with Crippen LogP contribution in [0.1, 0.15) is 32.3 Å². The number of hydrogen-bond acceptors (Lipinski definition) is 2. The largest absolute Gasteiger partial charge is 0.308 e. The van der Waals surface area contributed by atoms with Gasteiger partial charge in [-0.25, -0.2) is 0 Å². The van der Waals surface area contributed by atoms with E-state index in [2.05, 4.69) is 36.9 Å². The summed E-state index contributed by atoms with van der Waals surface area (Å²) >= 11 is 0. The fraction of sp³-hybridized carbons (Fsp3) is 0.588. The molecule has 20 heavy (non-hydrogen) atoms. The minimum absolute atomic E-state index is 0.261. The Morgan fingerprint density at radius 2 is 2.10 bits per heavy atom. The average molecular weight is 272 g/mol. The van der Waals surface area contributed by atoms with Gasteiger partial charge in [-0.15, -0.1) is 0 Å². The van der Waals surface area contributed by atoms with Gasteiger partial charge in [-0.05, 0) is 50.3 Å². The molecule has 0 radical (unpaired) electrons. The summed E-state index contributed by atoms with van der Waals surface area (Å²) in [6.07, 6.45) is 3.51. The summed E-state index contributed by atoms with van der Waals surface area (Å²) in [5, 5.41) is 0. The topological polar surface area (TPSA) is 23.6 Å². The molecule has 1 amide bonds. The molecular weight excluding hydrogens is 248 g/mol. The van der Waals surface area contributed by atoms with Gasteiger partial charge in [0.05, 0.1) is 6.54 Å². The molecule has 1 aromatic rings. The second-order valence-corrected chi connectivity index (χ2v) is 6.43. The molecule has 0 aliphatic carbocycles. The number of para-hydroxylation sites is 1. The lowest BCUT2D eigenvalue weighted by atomic mass is 10.0. The van der Waals surface area contributed by atoms with E-state index in [-0.39, 0.29) is 5.91 Å². The third kappa shape index (κ3) is 2.59. The summed E-state index contributed by atoms with van der Waals surface area (Å²) in [4.78, 5) is 17.0. The number of hydrogen-bond donors (Lipinski definition) is 0. The van der Waals surface area contributed by atoms with Crippen LogP contribution in [0.25, 0.3) is 0 Å². The quantitative estimate of drug-likeness (QED) is 0.826. The van der Waals surface area contributed by atoms with Crippen LogP contribution in [0.4, 0.5) is 5.69 Å². The fourth-order valence-corrected chi connectivity index (χ4v) is 3.64. The maximum atomic E-state index is 12.7. The molecule has 1 aromatic carbocycles. The Bertz CT molecular complexity index is 500. The SMILES string of the molecule is CC1CCCN(CC(=O)N2c3ccccc3CC2C)C1. The van der Waals surface area contributed by atoms with E-state index in [4.69, 9.17) is 0 Å². The lowest BCUT2D eigenvalue weighted by molar-refractivity contribution is -0.120. The second kappa shape index (κ2) is 5.57. The van der Waals surface area contributed by atoms with Gasteiger partial charge in [0.25, 0.3) is 0 Å². The van der Waals surface area contributed by atoms with E-state index in [9.17, 15) is 4.79 Å². The van der Waals surface area contributed by atoms with Crippen LogP contribution in [0.2, 0.25) is 0 Å². The highest BCUT2D eigenvalue weighted by Gasteiger charge is 2.31. The molecule has 0 N–H and O–H groups in total. The number of piperidine rings is 1. The first-order chi connectivity index (χ1) is 9.65. The zero-order valence-corrected chi connectivity index (χ0v) is 12.5. The molecule has 108 valence electrons. The van der Waals surface area contributed by atoms with Crippen molar-refractivity contribution in [2.75, 3.05) is 24.5 Å². The molecule has 1 saturated heterocycles. The number of amides is 1. The smallest absolute Gasteiger partial charge is 0.241 e. The Labute approximate surface area is 121 Å². The van der Waals surface area contributed by atoms with Gasteiger partial charge < -0.3 is 4.90 Å². The van der Waals surface area contributed by atoms with Gasteiger partial charge in [0.15, 0.2) is 0 Å². The first kappa shape index (κ1) is 13.6. The van der Waals surface area contributed by atoms with Crippen molar-refractivity contribution in [1.29, 1.82) is 0 Å². The van der Waals surface area contributed by atoms with Crippen LogP contribution in [0, 0.1) is 5.92 Å². The van der Waals surface area contributed by atoms with E-state index < -0.39 is 0 Å². The van der Waals surface area contributed by atoms with Gasteiger partial charge in [-0.3, -0.25) is 9.69 Å². The number of anilines is 1. The number of fused-ring (bicyclic) bond motifs is 1. The van der Waals surface area contributed by atoms with Crippen molar-refractivity contribution < 1.29 is 4.79 Å². The molecule has 0 spiro atoms. The number of nitrogens with zero attached hydrogens (tertiary/aromatic N) is 2. The molecule has 3 nitrogen and oxygen atoms in total. The van der Waals surface area contributed by atoms with Gasteiger partial charge in [0.2, 0.25) is 5.91 Å². The lowest BCUT2D eigenvalue weighted by Gasteiger charge is -2.32. The Balaban J connectivity index is 1.71. The minimum Gasteiger partial charge on any atom is -0.308 e. The van der Waals surface area contributed by atoms with Gasteiger partial charge in [-0.2, -0.15) is 0 Å². The molecule has 3 rings (SSSR count). The summed E-state index contributed by atoms with van der Waals surface area (Å²) in [5.41, 5.74) is 2.43. The van der Waals surface area contributed by atoms with Crippen molar-refractivity contribution in [1.82, 2.24) is 4.90 Å². The van der Waals surface area contributed by atoms with E-state index >= 15 is 0 Å². The highest BCUT2D eigenvalue weighted by Crippen LogP contribution is 2.32. The third-order valence-corrected chi connectivity index (χ3v) is 4.58. The van der Waals surface area contributed by atoms with E-state index in [1.807, 2.05) is 11.0 Å². The summed E-state index contributed by atoms with van der Waals surface area (Å²) in [5.74, 6) is 0.983. The molecule has 2 atom stereocenters. The van der Waals surface area contributed by atoms with Gasteiger partial charge in [0, 0.05) is 18.3 Å². The summed E-state index contributed by atoms with van der Waals surface area (Å²) in [6.45, 7) is 7.14. The third-order valence-electron chi connectivity index (χ3n) is 4.58. The highest BCUT2D eigenvalue weighted by atomic mass is 16.2. The number of carbonyl (C=O) groups excluding carboxylic acids is 1. The predicted octanol–water partition coefficient (Wildman–Crippen LogP) is 2.70. The molecule has 1 fully saturated rings. The van der Waals surface area contributed by atoms with E-state index in [1.54, 1.807) is 0 Å². The molecule has 0 bridgehead atoms. The molecule has 2 aliphatic rings. The second-order valence-electron chi connectivity index (χ2n) is 6.43. The van der Waals surface area contributed by atoms with Crippen LogP contribution < -0.4 is 4.90 Å². The Morgan fingerprint density at radius 3 is 2.90 bits per heavy atom. The summed E-state index contributed by atoms with van der Waals surface area (Å²) in [7, 11) is 0. The standard InChI is InChI=1S/C17H24N2O/c1-13-6-5-9-18(11-13)12-17(20)19-14(2)10-15-7-3-4-8-16(15)19/h3-4,7-8,13-14H,5-6,9-12H2,1-2H3. The summed E-state index contributed by atoms with van der Waals surface area (Å²) < 4.78 is 0. The van der Waals surface area contributed by atoms with Crippen molar-refractivity contribution in [2.24, 2.45) is 5.92 Å². The first-order valence-corrected chi connectivity index (χ1v) is 7.77. The zero-order chi connectivity index (χ0) is 14.1. The maximum Gasteiger partial charge on any atom is 0.241 e. The van der Waals surface area contributed by atoms with E-state index in [0.29, 0.717) is 12.6 Å². The van der Waals surface area contributed by atoms with Crippen molar-refractivity contribution in [3.05, 3.63) is 29.8 Å². The molecule has 0 aromatic heterocycles.